The molecule has 19 heavy (non-hydrogen) atoms. The van der Waals surface area contributed by atoms with Gasteiger partial charge in [0, 0.05) is 24.7 Å². The van der Waals surface area contributed by atoms with Gasteiger partial charge in [-0.25, -0.2) is 4.79 Å². The maximum Gasteiger partial charge on any atom is 0.317 e. The summed E-state index contributed by atoms with van der Waals surface area (Å²) in [5, 5.41) is 3.73. The van der Waals surface area contributed by atoms with Crippen molar-refractivity contribution in [2.24, 2.45) is 5.92 Å². The summed E-state index contributed by atoms with van der Waals surface area (Å²) < 4.78 is 0. The van der Waals surface area contributed by atoms with Crippen LogP contribution in [0.15, 0.2) is 24.3 Å². The number of hydrogen-bond acceptors (Lipinski definition) is 1. The maximum atomic E-state index is 11.9. The molecule has 0 aliphatic carbocycles. The van der Waals surface area contributed by atoms with Crippen LogP contribution in [0.25, 0.3) is 0 Å². The molecule has 1 aliphatic heterocycles. The number of nitrogens with one attached hydrogen (secondary N) is 1. The molecular weight excluding hydrogens is 260 g/mol. The predicted octanol–water partition coefficient (Wildman–Crippen LogP) is 3.32. The van der Waals surface area contributed by atoms with Crippen molar-refractivity contribution in [1.82, 2.24) is 10.2 Å². The Morgan fingerprint density at radius 2 is 1.95 bits per heavy atom. The number of amides is 2. The predicted molar refractivity (Wildman–Crippen MR) is 78.5 cm³/mol. The van der Waals surface area contributed by atoms with Gasteiger partial charge in [-0.3, -0.25) is 0 Å². The number of rotatable bonds is 3. The van der Waals surface area contributed by atoms with Crippen molar-refractivity contribution in [2.75, 3.05) is 19.6 Å². The summed E-state index contributed by atoms with van der Waals surface area (Å²) in [6.07, 6.45) is 3.07. The smallest absolute Gasteiger partial charge is 0.317 e. The first kappa shape index (κ1) is 14.2. The molecule has 0 bridgehead atoms. The molecule has 3 nitrogen and oxygen atoms in total. The van der Waals surface area contributed by atoms with Crippen molar-refractivity contribution in [1.29, 1.82) is 0 Å². The van der Waals surface area contributed by atoms with E-state index in [4.69, 9.17) is 11.6 Å². The fraction of sp³-hybridized carbons (Fsp3) is 0.533. The SMILES string of the molecule is CC1CCN(C(=O)NCCc2ccc(Cl)cc2)CC1. The van der Waals surface area contributed by atoms with E-state index in [-0.39, 0.29) is 6.03 Å². The van der Waals surface area contributed by atoms with Crippen LogP contribution in [0.1, 0.15) is 25.3 Å². The topological polar surface area (TPSA) is 32.3 Å². The summed E-state index contributed by atoms with van der Waals surface area (Å²) in [5.74, 6) is 0.748. The largest absolute Gasteiger partial charge is 0.338 e. The van der Waals surface area contributed by atoms with Crippen LogP contribution in [-0.4, -0.2) is 30.6 Å². The van der Waals surface area contributed by atoms with Crippen molar-refractivity contribution in [3.05, 3.63) is 34.9 Å². The van der Waals surface area contributed by atoms with Gasteiger partial charge in [0.05, 0.1) is 0 Å². The minimum atomic E-state index is 0.0702. The summed E-state index contributed by atoms with van der Waals surface area (Å²) in [6, 6.07) is 7.82. The van der Waals surface area contributed by atoms with E-state index >= 15 is 0 Å². The fourth-order valence-corrected chi connectivity index (χ4v) is 2.41. The van der Waals surface area contributed by atoms with Gasteiger partial charge in [0.1, 0.15) is 0 Å². The van der Waals surface area contributed by atoms with E-state index < -0.39 is 0 Å². The molecule has 0 unspecified atom stereocenters. The second-order valence-electron chi connectivity index (χ2n) is 5.28. The third-order valence-corrected chi connectivity index (χ3v) is 3.93. The summed E-state index contributed by atoms with van der Waals surface area (Å²) in [4.78, 5) is 13.9. The normalized spacial score (nSPS) is 16.4. The van der Waals surface area contributed by atoms with Crippen molar-refractivity contribution in [2.45, 2.75) is 26.2 Å². The Hall–Kier alpha value is -1.22. The third-order valence-electron chi connectivity index (χ3n) is 3.67. The van der Waals surface area contributed by atoms with Crippen LogP contribution in [0, 0.1) is 5.92 Å². The van der Waals surface area contributed by atoms with E-state index in [1.165, 1.54) is 5.56 Å². The highest BCUT2D eigenvalue weighted by atomic mass is 35.5. The van der Waals surface area contributed by atoms with Gasteiger partial charge in [0.15, 0.2) is 0 Å². The first-order valence-corrected chi connectivity index (χ1v) is 7.30. The zero-order valence-electron chi connectivity index (χ0n) is 11.4. The highest BCUT2D eigenvalue weighted by Gasteiger charge is 2.19. The van der Waals surface area contributed by atoms with Crippen molar-refractivity contribution in [3.8, 4) is 0 Å². The Balaban J connectivity index is 1.70. The van der Waals surface area contributed by atoms with E-state index in [0.29, 0.717) is 6.54 Å². The quantitative estimate of drug-likeness (QED) is 0.905. The minimum Gasteiger partial charge on any atom is -0.338 e. The average molecular weight is 281 g/mol. The number of carbonyl (C=O) groups excluding carboxylic acids is 1. The standard InChI is InChI=1S/C15H21ClN2O/c1-12-7-10-18(11-8-12)15(19)17-9-6-13-2-4-14(16)5-3-13/h2-5,12H,6-11H2,1H3,(H,17,19). The molecule has 1 fully saturated rings. The van der Waals surface area contributed by atoms with Crippen LogP contribution < -0.4 is 5.32 Å². The van der Waals surface area contributed by atoms with Gasteiger partial charge in [-0.05, 0) is 42.9 Å². The Morgan fingerprint density at radius 3 is 2.58 bits per heavy atom. The molecule has 1 aromatic rings. The number of nitrogens with zero attached hydrogens (tertiary/aromatic N) is 1. The number of urea groups is 1. The number of carbonyl (C=O) groups is 1. The molecule has 0 aromatic heterocycles. The van der Waals surface area contributed by atoms with Gasteiger partial charge in [-0.1, -0.05) is 30.7 Å². The second kappa shape index (κ2) is 6.80. The van der Waals surface area contributed by atoms with E-state index in [9.17, 15) is 4.79 Å². The number of hydrogen-bond donors (Lipinski definition) is 1. The molecular formula is C15H21ClN2O. The molecule has 2 amide bonds. The Morgan fingerprint density at radius 1 is 1.32 bits per heavy atom. The molecule has 0 radical (unpaired) electrons. The molecule has 0 atom stereocenters. The summed E-state index contributed by atoms with van der Waals surface area (Å²) in [5.41, 5.74) is 1.19. The van der Waals surface area contributed by atoms with Crippen LogP contribution in [0.5, 0.6) is 0 Å². The summed E-state index contributed by atoms with van der Waals surface area (Å²) >= 11 is 5.83. The minimum absolute atomic E-state index is 0.0702. The lowest BCUT2D eigenvalue weighted by atomic mass is 10.00. The first-order chi connectivity index (χ1) is 9.15. The molecule has 1 heterocycles. The lowest BCUT2D eigenvalue weighted by Crippen LogP contribution is -2.44. The molecule has 1 N–H and O–H groups in total. The molecule has 0 spiro atoms. The highest BCUT2D eigenvalue weighted by Crippen LogP contribution is 2.15. The molecule has 4 heteroatoms. The van der Waals surface area contributed by atoms with Crippen LogP contribution in [0.3, 0.4) is 0 Å². The molecule has 1 aromatic carbocycles. The second-order valence-corrected chi connectivity index (χ2v) is 5.71. The van der Waals surface area contributed by atoms with Crippen molar-refractivity contribution < 1.29 is 4.79 Å². The first-order valence-electron chi connectivity index (χ1n) is 6.92. The van der Waals surface area contributed by atoms with Gasteiger partial charge >= 0.3 is 6.03 Å². The maximum absolute atomic E-state index is 11.9. The third kappa shape index (κ3) is 4.43. The Labute approximate surface area is 119 Å². The molecule has 1 saturated heterocycles. The highest BCUT2D eigenvalue weighted by molar-refractivity contribution is 6.30. The van der Waals surface area contributed by atoms with Gasteiger partial charge in [-0.2, -0.15) is 0 Å². The van der Waals surface area contributed by atoms with Crippen LogP contribution >= 0.6 is 11.6 Å². The van der Waals surface area contributed by atoms with Gasteiger partial charge in [0.2, 0.25) is 0 Å². The van der Waals surface area contributed by atoms with Gasteiger partial charge in [-0.15, -0.1) is 0 Å². The van der Waals surface area contributed by atoms with Crippen LogP contribution in [-0.2, 0) is 6.42 Å². The van der Waals surface area contributed by atoms with E-state index in [0.717, 1.165) is 43.3 Å². The number of benzene rings is 1. The lowest BCUT2D eigenvalue weighted by molar-refractivity contribution is 0.174. The Bertz CT molecular complexity index is 411. The van der Waals surface area contributed by atoms with Gasteiger partial charge in [0.25, 0.3) is 0 Å². The zero-order chi connectivity index (χ0) is 13.7. The van der Waals surface area contributed by atoms with E-state index in [1.54, 1.807) is 0 Å². The van der Waals surface area contributed by atoms with Crippen molar-refractivity contribution >= 4 is 17.6 Å². The molecule has 2 rings (SSSR count). The average Bonchev–Trinajstić information content (AvgIpc) is 2.41. The van der Waals surface area contributed by atoms with Crippen LogP contribution in [0.2, 0.25) is 5.02 Å². The fourth-order valence-electron chi connectivity index (χ4n) is 2.29. The summed E-state index contributed by atoms with van der Waals surface area (Å²) in [6.45, 7) is 4.68. The Kier molecular flexibility index (Phi) is 5.08. The number of likely N-dealkylation sites (tertiary alicyclic amines) is 1. The number of halogens is 1. The van der Waals surface area contributed by atoms with Crippen LogP contribution in [0.4, 0.5) is 4.79 Å². The monoisotopic (exact) mass is 280 g/mol. The van der Waals surface area contributed by atoms with E-state index in [1.807, 2.05) is 29.2 Å². The lowest BCUT2D eigenvalue weighted by Gasteiger charge is -2.30. The zero-order valence-corrected chi connectivity index (χ0v) is 12.1. The number of piperidine rings is 1. The van der Waals surface area contributed by atoms with Gasteiger partial charge < -0.3 is 10.2 Å². The molecule has 1 aliphatic rings. The van der Waals surface area contributed by atoms with Crippen molar-refractivity contribution in [3.63, 3.8) is 0 Å². The molecule has 0 saturated carbocycles. The van der Waals surface area contributed by atoms with E-state index in [2.05, 4.69) is 12.2 Å². The summed E-state index contributed by atoms with van der Waals surface area (Å²) in [7, 11) is 0. The molecule has 104 valence electrons.